The van der Waals surface area contributed by atoms with E-state index in [-0.39, 0.29) is 0 Å². The molecule has 0 bridgehead atoms. The van der Waals surface area contributed by atoms with Crippen LogP contribution in [0.4, 0.5) is 0 Å². The standard InChI is InChI=1S/C6H10O3.C3Cl6O/c1(5-3-8-5)7-2-6-4-9-6;4-2(5,6)1(10)3(7,8)9/h5-6H,1-4H2;. The largest absolute Gasteiger partial charge is 0.376 e. The first-order valence-electron chi connectivity index (χ1n) is 5.10. The summed E-state index contributed by atoms with van der Waals surface area (Å²) in [4.78, 5) is 10.7. The highest BCUT2D eigenvalue weighted by Crippen LogP contribution is 2.39. The second kappa shape index (κ2) is 7.52. The molecule has 0 aliphatic carbocycles. The molecular formula is C9H10Cl6O4. The van der Waals surface area contributed by atoms with Gasteiger partial charge in [0.15, 0.2) is 0 Å². The number of hydrogen-bond donors (Lipinski definition) is 0. The number of epoxide rings is 2. The Balaban J connectivity index is 0.000000190. The minimum absolute atomic E-state index is 0.392. The van der Waals surface area contributed by atoms with Crippen LogP contribution in [0.15, 0.2) is 0 Å². The van der Waals surface area contributed by atoms with E-state index in [1.165, 1.54) is 0 Å². The molecule has 0 N–H and O–H groups in total. The Morgan fingerprint density at radius 3 is 1.42 bits per heavy atom. The topological polar surface area (TPSA) is 51.4 Å². The van der Waals surface area contributed by atoms with Crippen LogP contribution in [0.25, 0.3) is 0 Å². The number of ketones is 1. The molecule has 2 unspecified atom stereocenters. The first-order valence-corrected chi connectivity index (χ1v) is 7.36. The molecule has 0 aromatic heterocycles. The maximum Gasteiger partial charge on any atom is 0.253 e. The van der Waals surface area contributed by atoms with Crippen molar-refractivity contribution in [2.24, 2.45) is 0 Å². The van der Waals surface area contributed by atoms with Gasteiger partial charge in [-0.05, 0) is 0 Å². The number of Topliss-reactive ketones (excluding diaryl/α,β-unsaturated/α-hetero) is 1. The smallest absolute Gasteiger partial charge is 0.253 e. The summed E-state index contributed by atoms with van der Waals surface area (Å²) in [7, 11) is 0. The van der Waals surface area contributed by atoms with Gasteiger partial charge in [0, 0.05) is 0 Å². The molecule has 2 saturated heterocycles. The number of ether oxygens (including phenoxy) is 3. The molecule has 112 valence electrons. The fraction of sp³-hybridized carbons (Fsp3) is 0.889. The van der Waals surface area contributed by atoms with Crippen molar-refractivity contribution in [1.29, 1.82) is 0 Å². The molecule has 0 radical (unpaired) electrons. The van der Waals surface area contributed by atoms with E-state index in [9.17, 15) is 4.79 Å². The fourth-order valence-electron chi connectivity index (χ4n) is 0.820. The molecule has 2 rings (SSSR count). The molecule has 2 aliphatic rings. The molecule has 0 saturated carbocycles. The van der Waals surface area contributed by atoms with E-state index in [4.69, 9.17) is 83.8 Å². The van der Waals surface area contributed by atoms with Gasteiger partial charge in [0.1, 0.15) is 12.2 Å². The van der Waals surface area contributed by atoms with Gasteiger partial charge < -0.3 is 14.2 Å². The summed E-state index contributed by atoms with van der Waals surface area (Å²) >= 11 is 30.6. The van der Waals surface area contributed by atoms with Gasteiger partial charge in [-0.2, -0.15) is 0 Å². The lowest BCUT2D eigenvalue weighted by molar-refractivity contribution is -0.117. The first-order chi connectivity index (χ1) is 8.60. The number of halogens is 6. The molecule has 19 heavy (non-hydrogen) atoms. The summed E-state index contributed by atoms with van der Waals surface area (Å²) in [5, 5.41) is 0. The lowest BCUT2D eigenvalue weighted by atomic mass is 10.5. The highest BCUT2D eigenvalue weighted by Gasteiger charge is 2.44. The third-order valence-electron chi connectivity index (χ3n) is 1.93. The Morgan fingerprint density at radius 1 is 0.947 bits per heavy atom. The molecule has 2 heterocycles. The zero-order valence-corrected chi connectivity index (χ0v) is 13.9. The van der Waals surface area contributed by atoms with E-state index in [2.05, 4.69) is 0 Å². The molecule has 0 aromatic rings. The summed E-state index contributed by atoms with van der Waals surface area (Å²) in [6.45, 7) is 3.26. The Kier molecular flexibility index (Phi) is 7.26. The number of carbonyl (C=O) groups excluding carboxylic acids is 1. The molecule has 2 fully saturated rings. The van der Waals surface area contributed by atoms with Gasteiger partial charge in [0.05, 0.1) is 26.4 Å². The van der Waals surface area contributed by atoms with Crippen molar-refractivity contribution in [3.63, 3.8) is 0 Å². The molecule has 0 spiro atoms. The minimum atomic E-state index is -2.18. The molecule has 0 amide bonds. The number of alkyl halides is 6. The van der Waals surface area contributed by atoms with Crippen molar-refractivity contribution < 1.29 is 19.0 Å². The molecular weight excluding hydrogens is 385 g/mol. The van der Waals surface area contributed by atoms with Gasteiger partial charge >= 0.3 is 0 Å². The first kappa shape index (κ1) is 18.3. The Morgan fingerprint density at radius 2 is 1.26 bits per heavy atom. The van der Waals surface area contributed by atoms with Crippen LogP contribution < -0.4 is 0 Å². The molecule has 4 nitrogen and oxygen atoms in total. The predicted molar refractivity (Wildman–Crippen MR) is 75.9 cm³/mol. The van der Waals surface area contributed by atoms with Gasteiger partial charge in [-0.25, -0.2) is 0 Å². The van der Waals surface area contributed by atoms with Crippen molar-refractivity contribution in [2.45, 2.75) is 19.8 Å². The van der Waals surface area contributed by atoms with Crippen LogP contribution in [-0.2, 0) is 19.0 Å². The van der Waals surface area contributed by atoms with Gasteiger partial charge in [-0.3, -0.25) is 4.79 Å². The third-order valence-corrected chi connectivity index (χ3v) is 2.96. The highest BCUT2D eigenvalue weighted by atomic mass is 35.6. The van der Waals surface area contributed by atoms with Crippen molar-refractivity contribution in [1.82, 2.24) is 0 Å². The zero-order chi connectivity index (χ0) is 14.7. The van der Waals surface area contributed by atoms with Crippen LogP contribution in [0.5, 0.6) is 0 Å². The monoisotopic (exact) mass is 392 g/mol. The predicted octanol–water partition coefficient (Wildman–Crippen LogP) is 3.10. The maximum atomic E-state index is 10.7. The normalized spacial score (nSPS) is 25.4. The van der Waals surface area contributed by atoms with E-state index in [0.29, 0.717) is 12.2 Å². The van der Waals surface area contributed by atoms with Crippen LogP contribution in [0.3, 0.4) is 0 Å². The summed E-state index contributed by atoms with van der Waals surface area (Å²) in [5.74, 6) is -1.09. The Bertz CT molecular complexity index is 277. The Hall–Kier alpha value is 1.29. The quantitative estimate of drug-likeness (QED) is 0.543. The summed E-state index contributed by atoms with van der Waals surface area (Å²) in [6, 6.07) is 0. The van der Waals surface area contributed by atoms with Gasteiger partial charge in [-0.15, -0.1) is 0 Å². The fourth-order valence-corrected chi connectivity index (χ4v) is 2.11. The van der Waals surface area contributed by atoms with E-state index >= 15 is 0 Å². The molecule has 2 aliphatic heterocycles. The summed E-state index contributed by atoms with van der Waals surface area (Å²) in [6.07, 6.45) is 0.785. The second-order valence-corrected chi connectivity index (χ2v) is 8.34. The lowest BCUT2D eigenvalue weighted by Gasteiger charge is -2.14. The number of rotatable bonds is 4. The van der Waals surface area contributed by atoms with Crippen molar-refractivity contribution in [2.75, 3.05) is 26.4 Å². The van der Waals surface area contributed by atoms with Gasteiger partial charge in [-0.1, -0.05) is 69.6 Å². The van der Waals surface area contributed by atoms with Gasteiger partial charge in [0.25, 0.3) is 7.59 Å². The van der Waals surface area contributed by atoms with Crippen LogP contribution in [0.1, 0.15) is 0 Å². The lowest BCUT2D eigenvalue weighted by Crippen LogP contribution is -2.31. The number of carbonyl (C=O) groups is 1. The van der Waals surface area contributed by atoms with E-state index < -0.39 is 13.4 Å². The van der Waals surface area contributed by atoms with E-state index in [1.54, 1.807) is 0 Å². The zero-order valence-electron chi connectivity index (χ0n) is 9.38. The third kappa shape index (κ3) is 9.02. The SMILES string of the molecule is C(OCC1CO1)C1CO1.O=C(C(Cl)(Cl)Cl)C(Cl)(Cl)Cl. The molecule has 10 heteroatoms. The molecule has 0 aromatic carbocycles. The van der Waals surface area contributed by atoms with Gasteiger partial charge in [0.2, 0.25) is 5.78 Å². The van der Waals surface area contributed by atoms with Crippen LogP contribution >= 0.6 is 69.6 Å². The van der Waals surface area contributed by atoms with Crippen LogP contribution in [0, 0.1) is 0 Å². The van der Waals surface area contributed by atoms with E-state index in [1.807, 2.05) is 0 Å². The Labute approximate surface area is 140 Å². The highest BCUT2D eigenvalue weighted by molar-refractivity contribution is 6.86. The summed E-state index contributed by atoms with van der Waals surface area (Å²) in [5.41, 5.74) is 0. The van der Waals surface area contributed by atoms with Crippen LogP contribution in [0.2, 0.25) is 0 Å². The van der Waals surface area contributed by atoms with E-state index in [0.717, 1.165) is 26.4 Å². The van der Waals surface area contributed by atoms with Crippen molar-refractivity contribution in [3.8, 4) is 0 Å². The molecule has 2 atom stereocenters. The van der Waals surface area contributed by atoms with Crippen LogP contribution in [-0.4, -0.2) is 52.0 Å². The van der Waals surface area contributed by atoms with Crippen molar-refractivity contribution >= 4 is 75.4 Å². The minimum Gasteiger partial charge on any atom is -0.376 e. The average molecular weight is 395 g/mol. The maximum absolute atomic E-state index is 10.7. The van der Waals surface area contributed by atoms with Crippen molar-refractivity contribution in [3.05, 3.63) is 0 Å². The second-order valence-electron chi connectivity index (χ2n) is 3.77. The number of hydrogen-bond acceptors (Lipinski definition) is 4. The summed E-state index contributed by atoms with van der Waals surface area (Å²) < 4.78 is 10.8. The average Bonchev–Trinajstić information content (AvgIpc) is 3.09.